The van der Waals surface area contributed by atoms with E-state index in [1.165, 1.54) is 23.5 Å². The summed E-state index contributed by atoms with van der Waals surface area (Å²) in [5, 5.41) is 0. The third-order valence-corrected chi connectivity index (χ3v) is 7.36. The highest BCUT2D eigenvalue weighted by atomic mass is 79.9. The molecule has 5 aromatic rings. The molecule has 0 radical (unpaired) electrons. The van der Waals surface area contributed by atoms with Gasteiger partial charge in [-0.25, -0.2) is 13.8 Å². The molecule has 0 bridgehead atoms. The van der Waals surface area contributed by atoms with Crippen LogP contribution >= 0.6 is 27.3 Å². The van der Waals surface area contributed by atoms with Crippen LogP contribution in [0.5, 0.6) is 11.5 Å². The Morgan fingerprint density at radius 2 is 1.91 bits per heavy atom. The maximum Gasteiger partial charge on any atom is 0.274 e. The number of rotatable bonds is 5. The highest BCUT2D eigenvalue weighted by molar-refractivity contribution is 9.10. The number of halogens is 2. The van der Waals surface area contributed by atoms with E-state index in [2.05, 4.69) is 20.9 Å². The molecule has 0 atom stereocenters. The molecule has 0 aliphatic heterocycles. The van der Waals surface area contributed by atoms with Gasteiger partial charge < -0.3 is 9.47 Å². The number of benzene rings is 3. The molecule has 34 heavy (non-hydrogen) atoms. The van der Waals surface area contributed by atoms with Gasteiger partial charge in [0.25, 0.3) is 5.56 Å². The molecule has 2 aromatic heterocycles. The van der Waals surface area contributed by atoms with E-state index in [1.54, 1.807) is 35.8 Å². The van der Waals surface area contributed by atoms with E-state index in [4.69, 9.17) is 9.47 Å². The van der Waals surface area contributed by atoms with Crippen molar-refractivity contribution in [3.63, 3.8) is 0 Å². The minimum Gasteiger partial charge on any atom is -0.493 e. The van der Waals surface area contributed by atoms with E-state index in [0.717, 1.165) is 32.2 Å². The lowest BCUT2D eigenvalue weighted by Gasteiger charge is -2.13. The monoisotopic (exact) mass is 538 g/mol. The van der Waals surface area contributed by atoms with Crippen LogP contribution in [0.3, 0.4) is 0 Å². The van der Waals surface area contributed by atoms with E-state index in [0.29, 0.717) is 26.6 Å². The van der Waals surface area contributed by atoms with Crippen LogP contribution in [-0.2, 0) is 6.61 Å². The maximum atomic E-state index is 13.4. The van der Waals surface area contributed by atoms with Gasteiger partial charge >= 0.3 is 0 Å². The second-order valence-corrected chi connectivity index (χ2v) is 9.88. The number of ether oxygens (including phenoxy) is 2. The number of thiazole rings is 1. The normalized spacial score (nSPS) is 12.1. The summed E-state index contributed by atoms with van der Waals surface area (Å²) in [5.41, 5.74) is 5.28. The van der Waals surface area contributed by atoms with Gasteiger partial charge in [-0.15, -0.1) is 0 Å². The molecule has 0 spiro atoms. The summed E-state index contributed by atoms with van der Waals surface area (Å²) in [4.78, 5) is 18.5. The Labute approximate surface area is 207 Å². The number of hydrogen-bond acceptors (Lipinski definition) is 5. The summed E-state index contributed by atoms with van der Waals surface area (Å²) >= 11 is 4.92. The first-order chi connectivity index (χ1) is 16.3. The molecule has 172 valence electrons. The van der Waals surface area contributed by atoms with Crippen LogP contribution in [0.1, 0.15) is 22.3 Å². The molecule has 0 aliphatic rings. The average Bonchev–Trinajstić information content (AvgIpc) is 3.29. The summed E-state index contributed by atoms with van der Waals surface area (Å²) in [5.74, 6) is 0.708. The Bertz CT molecular complexity index is 1680. The van der Waals surface area contributed by atoms with Crippen LogP contribution in [0.15, 0.2) is 57.8 Å². The van der Waals surface area contributed by atoms with Crippen LogP contribution in [0.25, 0.3) is 22.1 Å². The fourth-order valence-electron chi connectivity index (χ4n) is 3.78. The van der Waals surface area contributed by atoms with Crippen molar-refractivity contribution in [2.75, 3.05) is 7.11 Å². The molecule has 0 aliphatic carbocycles. The number of imidazole rings is 1. The Kier molecular flexibility index (Phi) is 5.87. The molecule has 0 fully saturated rings. The third kappa shape index (κ3) is 4.08. The predicted molar refractivity (Wildman–Crippen MR) is 137 cm³/mol. The highest BCUT2D eigenvalue weighted by Crippen LogP contribution is 2.34. The van der Waals surface area contributed by atoms with Gasteiger partial charge in [-0.3, -0.25) is 4.79 Å². The van der Waals surface area contributed by atoms with Crippen molar-refractivity contribution in [3.8, 4) is 11.5 Å². The molecule has 0 N–H and O–H groups in total. The topological polar surface area (TPSA) is 52.8 Å². The Morgan fingerprint density at radius 3 is 2.68 bits per heavy atom. The number of fused-ring (bicyclic) bond motifs is 3. The molecule has 5 rings (SSSR count). The van der Waals surface area contributed by atoms with Crippen LogP contribution < -0.4 is 19.6 Å². The van der Waals surface area contributed by atoms with Crippen LogP contribution in [0.4, 0.5) is 4.39 Å². The SMILES string of the molecule is COc1cc(/C=c2\sc3nc4cc(C)c(C)cc4n3c2=O)c(Br)cc1OCc1cccc(F)c1. The molecule has 0 saturated carbocycles. The number of aryl methyl sites for hydroxylation is 2. The number of aromatic nitrogens is 2. The van der Waals surface area contributed by atoms with Crippen molar-refractivity contribution in [2.45, 2.75) is 20.5 Å². The number of methoxy groups -OCH3 is 1. The Morgan fingerprint density at radius 1 is 1.12 bits per heavy atom. The highest BCUT2D eigenvalue weighted by Gasteiger charge is 2.14. The first kappa shape index (κ1) is 22.6. The second-order valence-electron chi connectivity index (χ2n) is 8.01. The largest absolute Gasteiger partial charge is 0.493 e. The molecular weight excluding hydrogens is 519 g/mol. The van der Waals surface area contributed by atoms with Gasteiger partial charge in [0.05, 0.1) is 22.7 Å². The van der Waals surface area contributed by atoms with E-state index >= 15 is 0 Å². The summed E-state index contributed by atoms with van der Waals surface area (Å²) in [6.07, 6.45) is 1.82. The molecule has 8 heteroatoms. The van der Waals surface area contributed by atoms with Crippen molar-refractivity contribution in [3.05, 3.63) is 96.0 Å². The zero-order chi connectivity index (χ0) is 24.0. The van der Waals surface area contributed by atoms with Crippen LogP contribution in [0.2, 0.25) is 0 Å². The fourth-order valence-corrected chi connectivity index (χ4v) is 5.20. The molecule has 5 nitrogen and oxygen atoms in total. The summed E-state index contributed by atoms with van der Waals surface area (Å²) < 4.78 is 27.8. The van der Waals surface area contributed by atoms with Crippen molar-refractivity contribution >= 4 is 49.3 Å². The fraction of sp³-hybridized carbons (Fsp3) is 0.154. The quantitative estimate of drug-likeness (QED) is 0.294. The van der Waals surface area contributed by atoms with Crippen molar-refractivity contribution < 1.29 is 13.9 Å². The van der Waals surface area contributed by atoms with Crippen molar-refractivity contribution in [2.24, 2.45) is 0 Å². The molecule has 2 heterocycles. The van der Waals surface area contributed by atoms with Gasteiger partial charge in [0.2, 0.25) is 0 Å². The van der Waals surface area contributed by atoms with Gasteiger partial charge in [0, 0.05) is 4.47 Å². The van der Waals surface area contributed by atoms with Crippen LogP contribution in [0, 0.1) is 19.7 Å². The van der Waals surface area contributed by atoms with Gasteiger partial charge in [0.1, 0.15) is 12.4 Å². The number of hydrogen-bond donors (Lipinski definition) is 0. The Balaban J connectivity index is 1.53. The Hall–Kier alpha value is -3.23. The first-order valence-electron chi connectivity index (χ1n) is 10.5. The minimum atomic E-state index is -0.312. The molecular formula is C26H20BrFN2O3S. The lowest BCUT2D eigenvalue weighted by atomic mass is 10.1. The molecule has 0 saturated heterocycles. The van der Waals surface area contributed by atoms with Gasteiger partial charge in [-0.1, -0.05) is 39.4 Å². The average molecular weight is 539 g/mol. The number of nitrogens with zero attached hydrogens (tertiary/aromatic N) is 2. The third-order valence-electron chi connectivity index (χ3n) is 5.71. The summed E-state index contributed by atoms with van der Waals surface area (Å²) in [6, 6.07) is 13.9. The lowest BCUT2D eigenvalue weighted by Crippen LogP contribution is -2.22. The van der Waals surface area contributed by atoms with Crippen molar-refractivity contribution in [1.29, 1.82) is 0 Å². The summed E-state index contributed by atoms with van der Waals surface area (Å²) in [6.45, 7) is 4.26. The summed E-state index contributed by atoms with van der Waals surface area (Å²) in [7, 11) is 1.55. The molecule has 0 unspecified atom stereocenters. The second kappa shape index (κ2) is 8.85. The lowest BCUT2D eigenvalue weighted by molar-refractivity contribution is 0.284. The van der Waals surface area contributed by atoms with E-state index in [-0.39, 0.29) is 18.0 Å². The van der Waals surface area contributed by atoms with E-state index < -0.39 is 0 Å². The molecule has 3 aromatic carbocycles. The maximum absolute atomic E-state index is 13.4. The predicted octanol–water partition coefficient (Wildman–Crippen LogP) is 5.56. The zero-order valence-electron chi connectivity index (χ0n) is 18.7. The first-order valence-corrected chi connectivity index (χ1v) is 12.1. The van der Waals surface area contributed by atoms with Gasteiger partial charge in [-0.2, -0.15) is 0 Å². The van der Waals surface area contributed by atoms with Gasteiger partial charge in [0.15, 0.2) is 16.5 Å². The smallest absolute Gasteiger partial charge is 0.274 e. The molecule has 0 amide bonds. The van der Waals surface area contributed by atoms with Crippen LogP contribution in [-0.4, -0.2) is 16.5 Å². The van der Waals surface area contributed by atoms with Crippen molar-refractivity contribution in [1.82, 2.24) is 9.38 Å². The van der Waals surface area contributed by atoms with Gasteiger partial charge in [-0.05, 0) is 78.6 Å². The standard InChI is InChI=1S/C26H20BrFN2O3S/c1-14-7-20-21(8-15(14)2)30-25(31)24(34-26(30)29-20)11-17-10-22(32-3)23(12-19(17)27)33-13-16-5-4-6-18(28)9-16/h4-12H,13H2,1-3H3/b24-11-. The zero-order valence-corrected chi connectivity index (χ0v) is 21.1. The van der Waals surface area contributed by atoms with E-state index in [9.17, 15) is 9.18 Å². The minimum absolute atomic E-state index is 0.108. The van der Waals surface area contributed by atoms with E-state index in [1.807, 2.05) is 32.1 Å².